The molecular formula is C50H39NS4. The molecule has 0 saturated carbocycles. The number of nitrogens with zero attached hydrogens (tertiary/aromatic N) is 1. The quantitative estimate of drug-likeness (QED) is 0.168. The van der Waals surface area contributed by atoms with Crippen molar-refractivity contribution in [3.8, 4) is 20.9 Å². The van der Waals surface area contributed by atoms with E-state index < -0.39 is 0 Å². The van der Waals surface area contributed by atoms with Crippen LogP contribution in [-0.2, 0) is 0 Å². The Morgan fingerprint density at radius 3 is 1.09 bits per heavy atom. The van der Waals surface area contributed by atoms with Crippen molar-refractivity contribution in [2.24, 2.45) is 0 Å². The van der Waals surface area contributed by atoms with Crippen molar-refractivity contribution in [3.05, 3.63) is 164 Å². The van der Waals surface area contributed by atoms with Crippen molar-refractivity contribution in [1.29, 1.82) is 0 Å². The lowest BCUT2D eigenvalue weighted by atomic mass is 10.0. The van der Waals surface area contributed by atoms with Crippen LogP contribution in [0.5, 0.6) is 0 Å². The first-order chi connectivity index (χ1) is 27.3. The van der Waals surface area contributed by atoms with Crippen molar-refractivity contribution in [2.45, 2.75) is 27.7 Å². The van der Waals surface area contributed by atoms with Crippen molar-refractivity contribution < 1.29 is 0 Å². The van der Waals surface area contributed by atoms with Crippen LogP contribution in [0.15, 0.2) is 164 Å². The van der Waals surface area contributed by atoms with Gasteiger partial charge in [-0.25, -0.2) is 0 Å². The van der Waals surface area contributed by atoms with Gasteiger partial charge < -0.3 is 4.90 Å². The second kappa shape index (κ2) is 15.1. The zero-order valence-corrected chi connectivity index (χ0v) is 34.4. The summed E-state index contributed by atoms with van der Waals surface area (Å²) in [6, 6.07) is 60.6. The Morgan fingerprint density at radius 1 is 0.309 bits per heavy atom. The van der Waals surface area contributed by atoms with Crippen molar-refractivity contribution in [1.82, 2.24) is 0 Å². The van der Waals surface area contributed by atoms with Crippen LogP contribution in [0.2, 0.25) is 0 Å². The average molecular weight is 782 g/mol. The number of anilines is 3. The van der Waals surface area contributed by atoms with Gasteiger partial charge in [-0.1, -0.05) is 131 Å². The molecule has 4 aromatic heterocycles. The monoisotopic (exact) mass is 781 g/mol. The normalized spacial score (nSPS) is 11.3. The molecule has 0 unspecified atom stereocenters. The van der Waals surface area contributed by atoms with E-state index in [1.807, 2.05) is 73.0 Å². The Morgan fingerprint density at radius 2 is 0.655 bits per heavy atom. The first kappa shape index (κ1) is 35.4. The lowest BCUT2D eigenvalue weighted by Gasteiger charge is -2.27. The van der Waals surface area contributed by atoms with Gasteiger partial charge in [0.15, 0.2) is 0 Å². The second-order valence-electron chi connectivity index (χ2n) is 12.8. The summed E-state index contributed by atoms with van der Waals surface area (Å²) in [5.41, 5.74) is 6.10. The molecule has 268 valence electrons. The molecule has 0 aliphatic carbocycles. The topological polar surface area (TPSA) is 3.24 Å². The molecule has 11 aromatic rings. The molecule has 0 spiro atoms. The molecule has 0 radical (unpaired) electrons. The molecular weight excluding hydrogens is 743 g/mol. The van der Waals surface area contributed by atoms with Crippen LogP contribution in [-0.4, -0.2) is 0 Å². The van der Waals surface area contributed by atoms with E-state index in [0.717, 1.165) is 5.69 Å². The minimum absolute atomic E-state index is 1.15. The fourth-order valence-corrected chi connectivity index (χ4v) is 12.1. The summed E-state index contributed by atoms with van der Waals surface area (Å²) in [5, 5.41) is 7.81. The van der Waals surface area contributed by atoms with Crippen LogP contribution in [0, 0.1) is 0 Å². The maximum atomic E-state index is 2.56. The van der Waals surface area contributed by atoms with E-state index in [2.05, 4.69) is 169 Å². The summed E-state index contributed by atoms with van der Waals surface area (Å²) in [4.78, 5) is 5.12. The number of rotatable bonds is 5. The zero-order valence-electron chi connectivity index (χ0n) is 31.2. The zero-order chi connectivity index (χ0) is 37.5. The molecule has 11 rings (SSSR count). The highest BCUT2D eigenvalue weighted by atomic mass is 32.1. The molecule has 0 amide bonds. The first-order valence-electron chi connectivity index (χ1n) is 19.0. The summed E-state index contributed by atoms with van der Waals surface area (Å²) in [5.74, 6) is 0. The van der Waals surface area contributed by atoms with E-state index in [1.54, 1.807) is 0 Å². The van der Waals surface area contributed by atoms with Crippen LogP contribution in [0.1, 0.15) is 27.7 Å². The molecule has 0 bridgehead atoms. The fraction of sp³-hybridized carbons (Fsp3) is 0.0800. The molecule has 5 heteroatoms. The van der Waals surface area contributed by atoms with Gasteiger partial charge >= 0.3 is 0 Å². The van der Waals surface area contributed by atoms with Crippen molar-refractivity contribution in [3.63, 3.8) is 0 Å². The van der Waals surface area contributed by atoms with E-state index in [1.165, 1.54) is 92.8 Å². The van der Waals surface area contributed by atoms with Crippen molar-refractivity contribution in [2.75, 3.05) is 4.90 Å². The van der Waals surface area contributed by atoms with Crippen LogP contribution in [0.25, 0.3) is 81.4 Å². The summed E-state index contributed by atoms with van der Waals surface area (Å²) in [6.45, 7) is 8.00. The van der Waals surface area contributed by atoms with Gasteiger partial charge in [-0.05, 0) is 71.8 Å². The molecule has 55 heavy (non-hydrogen) atoms. The molecule has 7 aromatic carbocycles. The van der Waals surface area contributed by atoms with Gasteiger partial charge in [0.1, 0.15) is 0 Å². The predicted octanol–water partition coefficient (Wildman–Crippen LogP) is 17.7. The van der Waals surface area contributed by atoms with Gasteiger partial charge in [0, 0.05) is 66.2 Å². The molecule has 0 saturated heterocycles. The number of hydrogen-bond acceptors (Lipinski definition) is 5. The molecule has 0 N–H and O–H groups in total. The highest BCUT2D eigenvalue weighted by Gasteiger charge is 2.28. The Kier molecular flexibility index (Phi) is 9.71. The van der Waals surface area contributed by atoms with Gasteiger partial charge in [0.2, 0.25) is 0 Å². The summed E-state index contributed by atoms with van der Waals surface area (Å²) < 4.78 is 7.88. The smallest absolute Gasteiger partial charge is 0.0727 e. The third-order valence-electron chi connectivity index (χ3n) is 9.88. The van der Waals surface area contributed by atoms with Gasteiger partial charge in [-0.3, -0.25) is 0 Å². The minimum Gasteiger partial charge on any atom is -0.306 e. The summed E-state index contributed by atoms with van der Waals surface area (Å²) in [6.07, 6.45) is 0. The third kappa shape index (κ3) is 6.03. The number of thiophene rings is 4. The number of hydrogen-bond donors (Lipinski definition) is 0. The van der Waals surface area contributed by atoms with E-state index in [4.69, 9.17) is 0 Å². The molecule has 1 nitrogen and oxygen atoms in total. The van der Waals surface area contributed by atoms with E-state index in [-0.39, 0.29) is 0 Å². The van der Waals surface area contributed by atoms with E-state index in [0.29, 0.717) is 0 Å². The third-order valence-corrected chi connectivity index (χ3v) is 14.6. The lowest BCUT2D eigenvalue weighted by Crippen LogP contribution is -2.11. The fourth-order valence-electron chi connectivity index (χ4n) is 7.58. The molecule has 4 heterocycles. The van der Waals surface area contributed by atoms with Gasteiger partial charge in [0.25, 0.3) is 0 Å². The number of fused-ring (bicyclic) bond motifs is 8. The minimum atomic E-state index is 1.15. The van der Waals surface area contributed by atoms with Crippen LogP contribution < -0.4 is 4.90 Å². The summed E-state index contributed by atoms with van der Waals surface area (Å²) >= 11 is 7.53. The largest absolute Gasteiger partial charge is 0.306 e. The van der Waals surface area contributed by atoms with Gasteiger partial charge in [0.05, 0.1) is 21.1 Å². The molecule has 0 aliphatic heterocycles. The van der Waals surface area contributed by atoms with Crippen LogP contribution in [0.3, 0.4) is 0 Å². The standard InChI is InChI=1S/C46H27NS4.2C2H6/c1-2-12-30(13-3-1)47(43-33-16-6-10-20-39(33)50-45(43)28-22-24-41-35(26-28)31-14-4-8-18-37(31)48-41)44-34-17-7-11-21-40(34)51-46(44)29-23-25-42-36(27-29)32-15-5-9-19-38(32)49-42;2*1-2/h1-27H;2*1-2H3. The predicted molar refractivity (Wildman–Crippen MR) is 251 cm³/mol. The molecule has 0 atom stereocenters. The highest BCUT2D eigenvalue weighted by molar-refractivity contribution is 7.26. The Bertz CT molecular complexity index is 2910. The van der Waals surface area contributed by atoms with Crippen LogP contribution in [0.4, 0.5) is 17.1 Å². The van der Waals surface area contributed by atoms with E-state index >= 15 is 0 Å². The Hall–Kier alpha value is -5.30. The van der Waals surface area contributed by atoms with E-state index in [9.17, 15) is 0 Å². The summed E-state index contributed by atoms with van der Waals surface area (Å²) in [7, 11) is 0. The Labute approximate surface area is 338 Å². The Balaban J connectivity index is 0.000000963. The number of benzene rings is 7. The maximum Gasteiger partial charge on any atom is 0.0727 e. The lowest BCUT2D eigenvalue weighted by molar-refractivity contribution is 1.33. The number of para-hydroxylation sites is 1. The molecule has 0 aliphatic rings. The average Bonchev–Trinajstić information content (AvgIpc) is 4.03. The maximum absolute atomic E-state index is 2.56. The molecule has 0 fully saturated rings. The highest BCUT2D eigenvalue weighted by Crippen LogP contribution is 2.56. The van der Waals surface area contributed by atoms with Gasteiger partial charge in [-0.15, -0.1) is 45.3 Å². The van der Waals surface area contributed by atoms with Crippen LogP contribution >= 0.6 is 45.3 Å². The first-order valence-corrected chi connectivity index (χ1v) is 22.3. The van der Waals surface area contributed by atoms with Gasteiger partial charge in [-0.2, -0.15) is 0 Å². The van der Waals surface area contributed by atoms with Crippen molar-refractivity contribution >= 4 is 123 Å². The SMILES string of the molecule is CC.CC.c1ccc(N(c2c(-c3ccc4sc5ccccc5c4c3)sc3ccccc23)c2c(-c3ccc4sc5ccccc5c4c3)sc3ccccc23)cc1. The second-order valence-corrected chi connectivity index (χ2v) is 17.1.